The van der Waals surface area contributed by atoms with Gasteiger partial charge in [-0.05, 0) is 29.8 Å². The summed E-state index contributed by atoms with van der Waals surface area (Å²) < 4.78 is 37.3. The van der Waals surface area contributed by atoms with Crippen molar-refractivity contribution in [3.05, 3.63) is 53.7 Å². The molecule has 0 amide bonds. The predicted octanol–water partition coefficient (Wildman–Crippen LogP) is 3.90. The summed E-state index contributed by atoms with van der Waals surface area (Å²) in [6.45, 7) is 0.644. The summed E-state index contributed by atoms with van der Waals surface area (Å²) in [4.78, 5) is 5.63. The van der Waals surface area contributed by atoms with Crippen LogP contribution in [-0.2, 0) is 6.18 Å². The number of alkyl halides is 3. The molecule has 0 aliphatic rings. The molecule has 1 aromatic heterocycles. The van der Waals surface area contributed by atoms with E-state index in [9.17, 15) is 13.2 Å². The molecule has 1 aromatic carbocycles. The van der Waals surface area contributed by atoms with Gasteiger partial charge in [-0.15, -0.1) is 0 Å². The molecule has 1 N–H and O–H groups in total. The lowest BCUT2D eigenvalue weighted by atomic mass is 10.2. The third kappa shape index (κ3) is 5.49. The standard InChI is InChI=1S/C17H16F3N5/c1-25(10-2-9-21)15-6-3-13(4-7-15)11-23-24-16-8-5-14(12-22-16)17(18,19)20/h3-8,11-12H,2,10H2,1H3,(H,22,24)/b23-11-. The fourth-order valence-electron chi connectivity index (χ4n) is 1.96. The van der Waals surface area contributed by atoms with Crippen molar-refractivity contribution in [2.24, 2.45) is 5.10 Å². The van der Waals surface area contributed by atoms with Crippen molar-refractivity contribution in [3.63, 3.8) is 0 Å². The summed E-state index contributed by atoms with van der Waals surface area (Å²) >= 11 is 0. The van der Waals surface area contributed by atoms with Crippen LogP contribution in [-0.4, -0.2) is 24.8 Å². The quantitative estimate of drug-likeness (QED) is 0.636. The average molecular weight is 347 g/mol. The van der Waals surface area contributed by atoms with E-state index in [-0.39, 0.29) is 5.82 Å². The van der Waals surface area contributed by atoms with Gasteiger partial charge in [-0.1, -0.05) is 12.1 Å². The number of hydrazone groups is 1. The van der Waals surface area contributed by atoms with Gasteiger partial charge in [0.25, 0.3) is 0 Å². The van der Waals surface area contributed by atoms with Crippen LogP contribution in [0.5, 0.6) is 0 Å². The zero-order valence-corrected chi connectivity index (χ0v) is 13.5. The number of rotatable bonds is 6. The molecule has 2 rings (SSSR count). The molecule has 25 heavy (non-hydrogen) atoms. The molecule has 0 saturated heterocycles. The lowest BCUT2D eigenvalue weighted by Gasteiger charge is -2.17. The smallest absolute Gasteiger partial charge is 0.374 e. The Morgan fingerprint density at radius 2 is 1.96 bits per heavy atom. The molecule has 0 bridgehead atoms. The van der Waals surface area contributed by atoms with Crippen LogP contribution < -0.4 is 10.3 Å². The molecular weight excluding hydrogens is 331 g/mol. The van der Waals surface area contributed by atoms with Crippen LogP contribution in [0.15, 0.2) is 47.7 Å². The third-order valence-corrected chi connectivity index (χ3v) is 3.38. The topological polar surface area (TPSA) is 64.3 Å². The van der Waals surface area contributed by atoms with E-state index in [0.717, 1.165) is 23.5 Å². The molecule has 0 aliphatic carbocycles. The van der Waals surface area contributed by atoms with Crippen molar-refractivity contribution < 1.29 is 13.2 Å². The van der Waals surface area contributed by atoms with Crippen LogP contribution in [0.1, 0.15) is 17.5 Å². The number of nitrogens with one attached hydrogen (secondary N) is 1. The first-order valence-electron chi connectivity index (χ1n) is 7.40. The molecule has 8 heteroatoms. The highest BCUT2D eigenvalue weighted by molar-refractivity contribution is 5.80. The molecule has 0 aliphatic heterocycles. The van der Waals surface area contributed by atoms with Gasteiger partial charge >= 0.3 is 6.18 Å². The Bertz CT molecular complexity index is 746. The Morgan fingerprint density at radius 1 is 1.24 bits per heavy atom. The van der Waals surface area contributed by atoms with Crippen molar-refractivity contribution in [1.29, 1.82) is 5.26 Å². The minimum atomic E-state index is -4.41. The zero-order chi connectivity index (χ0) is 18.3. The number of halogens is 3. The number of aromatic nitrogens is 1. The summed E-state index contributed by atoms with van der Waals surface area (Å²) in [5, 5.41) is 12.5. The Balaban J connectivity index is 1.93. The van der Waals surface area contributed by atoms with Gasteiger partial charge < -0.3 is 4.90 Å². The largest absolute Gasteiger partial charge is 0.417 e. The van der Waals surface area contributed by atoms with E-state index < -0.39 is 11.7 Å². The maximum Gasteiger partial charge on any atom is 0.417 e. The Morgan fingerprint density at radius 3 is 2.52 bits per heavy atom. The minimum Gasteiger partial charge on any atom is -0.374 e. The van der Waals surface area contributed by atoms with E-state index in [2.05, 4.69) is 21.6 Å². The lowest BCUT2D eigenvalue weighted by molar-refractivity contribution is -0.137. The number of pyridine rings is 1. The first-order chi connectivity index (χ1) is 11.9. The van der Waals surface area contributed by atoms with E-state index in [1.165, 1.54) is 6.07 Å². The van der Waals surface area contributed by atoms with Gasteiger partial charge in [0.15, 0.2) is 0 Å². The van der Waals surface area contributed by atoms with E-state index >= 15 is 0 Å². The molecule has 0 saturated carbocycles. The van der Waals surface area contributed by atoms with Gasteiger partial charge in [0, 0.05) is 25.5 Å². The van der Waals surface area contributed by atoms with Crippen LogP contribution in [0, 0.1) is 11.3 Å². The molecule has 0 atom stereocenters. The second-order valence-electron chi connectivity index (χ2n) is 5.22. The van der Waals surface area contributed by atoms with Crippen molar-refractivity contribution in [2.75, 3.05) is 23.9 Å². The summed E-state index contributed by atoms with van der Waals surface area (Å²) in [6.07, 6.45) is -1.66. The Kier molecular flexibility index (Phi) is 5.95. The summed E-state index contributed by atoms with van der Waals surface area (Å²) in [6, 6.07) is 11.7. The van der Waals surface area contributed by atoms with Gasteiger partial charge in [-0.25, -0.2) is 4.98 Å². The van der Waals surface area contributed by atoms with Crippen LogP contribution in [0.2, 0.25) is 0 Å². The molecule has 0 radical (unpaired) electrons. The van der Waals surface area contributed by atoms with E-state index in [0.29, 0.717) is 13.0 Å². The molecular formula is C17H16F3N5. The van der Waals surface area contributed by atoms with Crippen molar-refractivity contribution >= 4 is 17.7 Å². The maximum atomic E-state index is 12.4. The van der Waals surface area contributed by atoms with Gasteiger partial charge in [0.05, 0.1) is 24.3 Å². The number of anilines is 2. The second kappa shape index (κ2) is 8.15. The fourth-order valence-corrected chi connectivity index (χ4v) is 1.96. The number of hydrogen-bond acceptors (Lipinski definition) is 5. The monoisotopic (exact) mass is 347 g/mol. The van der Waals surface area contributed by atoms with Crippen LogP contribution in [0.4, 0.5) is 24.7 Å². The van der Waals surface area contributed by atoms with Gasteiger partial charge in [0.1, 0.15) is 5.82 Å². The molecule has 5 nitrogen and oxygen atoms in total. The molecule has 2 aromatic rings. The maximum absolute atomic E-state index is 12.4. The number of nitriles is 1. The highest BCUT2D eigenvalue weighted by Crippen LogP contribution is 2.28. The van der Waals surface area contributed by atoms with E-state index in [1.807, 2.05) is 36.2 Å². The van der Waals surface area contributed by atoms with E-state index in [1.54, 1.807) is 6.21 Å². The van der Waals surface area contributed by atoms with Crippen LogP contribution in [0.25, 0.3) is 0 Å². The Hall–Kier alpha value is -3.08. The Labute approximate surface area is 143 Å². The zero-order valence-electron chi connectivity index (χ0n) is 13.5. The summed E-state index contributed by atoms with van der Waals surface area (Å²) in [7, 11) is 1.90. The van der Waals surface area contributed by atoms with Gasteiger partial charge in [-0.3, -0.25) is 5.43 Å². The van der Waals surface area contributed by atoms with Crippen LogP contribution in [0.3, 0.4) is 0 Å². The average Bonchev–Trinajstić information content (AvgIpc) is 2.60. The van der Waals surface area contributed by atoms with Crippen molar-refractivity contribution in [3.8, 4) is 6.07 Å². The molecule has 0 unspecified atom stereocenters. The van der Waals surface area contributed by atoms with Gasteiger partial charge in [-0.2, -0.15) is 23.5 Å². The first-order valence-corrected chi connectivity index (χ1v) is 7.40. The predicted molar refractivity (Wildman–Crippen MR) is 90.4 cm³/mol. The molecule has 0 fully saturated rings. The SMILES string of the molecule is CN(CCC#N)c1ccc(/C=N\Nc2ccc(C(F)(F)F)cn2)cc1. The first kappa shape index (κ1) is 18.3. The molecule has 0 spiro atoms. The summed E-state index contributed by atoms with van der Waals surface area (Å²) in [5.41, 5.74) is 3.57. The van der Waals surface area contributed by atoms with E-state index in [4.69, 9.17) is 5.26 Å². The number of nitrogens with zero attached hydrogens (tertiary/aromatic N) is 4. The highest BCUT2D eigenvalue weighted by atomic mass is 19.4. The fraction of sp³-hybridized carbons (Fsp3) is 0.235. The van der Waals surface area contributed by atoms with Gasteiger partial charge in [0.2, 0.25) is 0 Å². The molecule has 1 heterocycles. The highest BCUT2D eigenvalue weighted by Gasteiger charge is 2.30. The lowest BCUT2D eigenvalue weighted by Crippen LogP contribution is -2.17. The normalized spacial score (nSPS) is 11.3. The molecule has 130 valence electrons. The third-order valence-electron chi connectivity index (χ3n) is 3.38. The number of hydrogen-bond donors (Lipinski definition) is 1. The second-order valence-corrected chi connectivity index (χ2v) is 5.22. The van der Waals surface area contributed by atoms with Crippen LogP contribution >= 0.6 is 0 Å². The minimum absolute atomic E-state index is 0.220. The summed E-state index contributed by atoms with van der Waals surface area (Å²) in [5.74, 6) is 0.220. The number of benzene rings is 1. The van der Waals surface area contributed by atoms with Crippen molar-refractivity contribution in [2.45, 2.75) is 12.6 Å². The van der Waals surface area contributed by atoms with Crippen molar-refractivity contribution in [1.82, 2.24) is 4.98 Å².